The first kappa shape index (κ1) is 20.8. The van der Waals surface area contributed by atoms with Crippen molar-refractivity contribution in [2.75, 3.05) is 26.2 Å². The Morgan fingerprint density at radius 1 is 0.579 bits per heavy atom. The zero-order valence-electron chi connectivity index (χ0n) is 14.0. The van der Waals surface area contributed by atoms with Crippen molar-refractivity contribution in [3.63, 3.8) is 0 Å². The molecule has 0 aromatic heterocycles. The van der Waals surface area contributed by atoms with Gasteiger partial charge in [0.15, 0.2) is 0 Å². The topological polar surface area (TPSA) is 23.8 Å². The van der Waals surface area contributed by atoms with E-state index in [9.17, 15) is 0 Å². The fourth-order valence-electron chi connectivity index (χ4n) is 2.64. The summed E-state index contributed by atoms with van der Waals surface area (Å²) in [4.78, 5) is 0. The zero-order chi connectivity index (χ0) is 15.0. The molecule has 0 aliphatic heterocycles. The van der Waals surface area contributed by atoms with Gasteiger partial charge in [0, 0.05) is 6.57 Å². The van der Waals surface area contributed by atoms with Crippen LogP contribution in [0, 0.1) is 11.8 Å². The summed E-state index contributed by atoms with van der Waals surface area (Å²) < 4.78 is 1.42. The molecule has 2 nitrogen and oxygen atoms in total. The molecule has 0 aliphatic carbocycles. The van der Waals surface area contributed by atoms with Crippen LogP contribution in [0.25, 0.3) is 0 Å². The molecule has 0 fully saturated rings. The van der Waals surface area contributed by atoms with Gasteiger partial charge in [-0.25, -0.2) is 5.26 Å². The monoisotopic (exact) mass is 269 g/mol. The quantitative estimate of drug-likeness (QED) is 0.450. The molecule has 0 amide bonds. The fraction of sp³-hybridized carbons (Fsp3) is 0.941. The molecule has 0 unspecified atom stereocenters. The lowest BCUT2D eigenvalue weighted by atomic mass is 10.1. The standard InChI is InChI=1S/C16H36N.CHN/c1-5-9-13-17(14-10-6-2,15-11-7-3)16-12-8-4;1-2/h5-16H2,1-4H3;1H/q+1;. The van der Waals surface area contributed by atoms with Crippen molar-refractivity contribution >= 4 is 0 Å². The van der Waals surface area contributed by atoms with E-state index in [-0.39, 0.29) is 0 Å². The largest absolute Gasteiger partial charge is 0.324 e. The van der Waals surface area contributed by atoms with Gasteiger partial charge in [-0.1, -0.05) is 53.4 Å². The van der Waals surface area contributed by atoms with Crippen LogP contribution in [0.3, 0.4) is 0 Å². The molecule has 0 atom stereocenters. The maximum Gasteiger partial charge on any atom is 0.0786 e. The summed E-state index contributed by atoms with van der Waals surface area (Å²) in [5, 5.41) is 6.50. The molecule has 0 saturated carbocycles. The summed E-state index contributed by atoms with van der Waals surface area (Å²) in [6.45, 7) is 18.5. The minimum atomic E-state index is 1.35. The van der Waals surface area contributed by atoms with Gasteiger partial charge in [0.25, 0.3) is 0 Å². The normalized spacial score (nSPS) is 10.8. The maximum absolute atomic E-state index is 6.50. The van der Waals surface area contributed by atoms with Crippen LogP contribution >= 0.6 is 0 Å². The van der Waals surface area contributed by atoms with E-state index >= 15 is 0 Å². The molecule has 0 bridgehead atoms. The predicted octanol–water partition coefficient (Wildman–Crippen LogP) is 5.14. The number of hydrogen-bond acceptors (Lipinski definition) is 1. The first-order valence-electron chi connectivity index (χ1n) is 8.35. The van der Waals surface area contributed by atoms with E-state index in [1.807, 2.05) is 0 Å². The SMILES string of the molecule is C#N.CCCC[N+](CCCC)(CCCC)CCCC. The van der Waals surface area contributed by atoms with Crippen molar-refractivity contribution in [3.8, 4) is 6.57 Å². The highest BCUT2D eigenvalue weighted by molar-refractivity contribution is 4.49. The van der Waals surface area contributed by atoms with Crippen LogP contribution in [0.15, 0.2) is 0 Å². The highest BCUT2D eigenvalue weighted by atomic mass is 15.3. The van der Waals surface area contributed by atoms with Gasteiger partial charge < -0.3 is 4.48 Å². The Bertz CT molecular complexity index is 149. The molecular formula is C17H37N2+. The minimum absolute atomic E-state index is 1.35. The number of quaternary nitrogens is 1. The Morgan fingerprint density at radius 3 is 0.947 bits per heavy atom. The summed E-state index contributed by atoms with van der Waals surface area (Å²) in [6.07, 6.45) is 11.1. The molecule has 2 heteroatoms. The van der Waals surface area contributed by atoms with E-state index < -0.39 is 0 Å². The van der Waals surface area contributed by atoms with Crippen molar-refractivity contribution in [1.82, 2.24) is 0 Å². The molecule has 0 N–H and O–H groups in total. The fourth-order valence-corrected chi connectivity index (χ4v) is 2.64. The zero-order valence-corrected chi connectivity index (χ0v) is 14.0. The molecular weight excluding hydrogens is 232 g/mol. The Hall–Kier alpha value is -0.550. The highest BCUT2D eigenvalue weighted by Crippen LogP contribution is 2.16. The Balaban J connectivity index is 0. The van der Waals surface area contributed by atoms with Crippen LogP contribution < -0.4 is 0 Å². The Kier molecular flexibility index (Phi) is 16.9. The average molecular weight is 269 g/mol. The smallest absolute Gasteiger partial charge is 0.0786 e. The third-order valence-corrected chi connectivity index (χ3v) is 3.94. The summed E-state index contributed by atoms with van der Waals surface area (Å²) >= 11 is 0. The van der Waals surface area contributed by atoms with E-state index in [1.165, 1.54) is 82.0 Å². The number of rotatable bonds is 12. The summed E-state index contributed by atoms with van der Waals surface area (Å²) in [5.41, 5.74) is 0. The van der Waals surface area contributed by atoms with Crippen LogP contribution in [0.1, 0.15) is 79.1 Å². The van der Waals surface area contributed by atoms with Gasteiger partial charge in [-0.15, -0.1) is 0 Å². The molecule has 19 heavy (non-hydrogen) atoms. The van der Waals surface area contributed by atoms with E-state index in [1.54, 1.807) is 0 Å². The van der Waals surface area contributed by atoms with Crippen LogP contribution in [-0.4, -0.2) is 30.7 Å². The van der Waals surface area contributed by atoms with Crippen LogP contribution in [0.5, 0.6) is 0 Å². The predicted molar refractivity (Wildman–Crippen MR) is 86.0 cm³/mol. The Labute approximate surface area is 122 Å². The van der Waals surface area contributed by atoms with Crippen molar-refractivity contribution in [3.05, 3.63) is 0 Å². The van der Waals surface area contributed by atoms with Crippen LogP contribution in [0.4, 0.5) is 0 Å². The molecule has 0 radical (unpaired) electrons. The van der Waals surface area contributed by atoms with Crippen molar-refractivity contribution in [2.45, 2.75) is 79.1 Å². The summed E-state index contributed by atoms with van der Waals surface area (Å²) in [7, 11) is 0. The third-order valence-electron chi connectivity index (χ3n) is 3.94. The van der Waals surface area contributed by atoms with Crippen molar-refractivity contribution in [2.24, 2.45) is 0 Å². The lowest BCUT2D eigenvalue weighted by Gasteiger charge is -2.39. The van der Waals surface area contributed by atoms with E-state index in [0.29, 0.717) is 0 Å². The first-order chi connectivity index (χ1) is 9.24. The van der Waals surface area contributed by atoms with Crippen molar-refractivity contribution in [1.29, 1.82) is 5.26 Å². The maximum atomic E-state index is 6.50. The molecule has 0 aromatic carbocycles. The van der Waals surface area contributed by atoms with Gasteiger partial charge in [-0.2, -0.15) is 0 Å². The second-order valence-corrected chi connectivity index (χ2v) is 5.65. The number of unbranched alkanes of at least 4 members (excludes halogenated alkanes) is 4. The molecule has 0 saturated heterocycles. The van der Waals surface area contributed by atoms with Gasteiger partial charge in [-0.3, -0.25) is 0 Å². The van der Waals surface area contributed by atoms with Crippen molar-refractivity contribution < 1.29 is 4.48 Å². The molecule has 0 heterocycles. The van der Waals surface area contributed by atoms with E-state index in [4.69, 9.17) is 5.26 Å². The van der Waals surface area contributed by atoms with E-state index in [2.05, 4.69) is 34.3 Å². The third kappa shape index (κ3) is 11.0. The molecule has 0 aromatic rings. The van der Waals surface area contributed by atoms with Crippen LogP contribution in [-0.2, 0) is 0 Å². The minimum Gasteiger partial charge on any atom is -0.324 e. The lowest BCUT2D eigenvalue weighted by molar-refractivity contribution is -0.929. The van der Waals surface area contributed by atoms with Gasteiger partial charge in [-0.05, 0) is 25.7 Å². The van der Waals surface area contributed by atoms with Gasteiger partial charge in [0.05, 0.1) is 26.2 Å². The highest BCUT2D eigenvalue weighted by Gasteiger charge is 2.24. The number of hydrogen-bond donors (Lipinski definition) is 0. The molecule has 0 aliphatic rings. The average Bonchev–Trinajstić information content (AvgIpc) is 2.48. The van der Waals surface area contributed by atoms with E-state index in [0.717, 1.165) is 0 Å². The summed E-state index contributed by atoms with van der Waals surface area (Å²) in [5.74, 6) is 0. The molecule has 114 valence electrons. The van der Waals surface area contributed by atoms with Gasteiger partial charge in [0.1, 0.15) is 0 Å². The van der Waals surface area contributed by atoms with Crippen LogP contribution in [0.2, 0.25) is 0 Å². The number of nitrogens with zero attached hydrogens (tertiary/aromatic N) is 2. The second-order valence-electron chi connectivity index (χ2n) is 5.65. The molecule has 0 rings (SSSR count). The second kappa shape index (κ2) is 15.5. The van der Waals surface area contributed by atoms with Gasteiger partial charge >= 0.3 is 0 Å². The summed E-state index contributed by atoms with van der Waals surface area (Å²) in [6, 6.07) is 0. The lowest BCUT2D eigenvalue weighted by Crippen LogP contribution is -2.50. The molecule has 0 spiro atoms. The first-order valence-corrected chi connectivity index (χ1v) is 8.35. The van der Waals surface area contributed by atoms with Gasteiger partial charge in [0.2, 0.25) is 0 Å². The number of nitriles is 1. The Morgan fingerprint density at radius 2 is 0.789 bits per heavy atom.